The van der Waals surface area contributed by atoms with E-state index in [0.717, 1.165) is 23.7 Å². The lowest BCUT2D eigenvalue weighted by Crippen LogP contribution is -2.42. The Kier molecular flexibility index (Phi) is 4.33. The fourth-order valence-electron chi connectivity index (χ4n) is 3.42. The van der Waals surface area contributed by atoms with Gasteiger partial charge in [-0.1, -0.05) is 41.8 Å². The van der Waals surface area contributed by atoms with E-state index in [9.17, 15) is 0 Å². The highest BCUT2D eigenvalue weighted by atomic mass is 35.5. The third kappa shape index (κ3) is 2.92. The molecule has 0 amide bonds. The number of nitrogens with zero attached hydrogens (tertiary/aromatic N) is 1. The minimum atomic E-state index is 0.662. The first-order valence-corrected chi connectivity index (χ1v) is 7.91. The Balaban J connectivity index is 1.79. The van der Waals surface area contributed by atoms with Gasteiger partial charge in [0.2, 0.25) is 0 Å². The fourth-order valence-corrected chi connectivity index (χ4v) is 3.80. The zero-order valence-electron chi connectivity index (χ0n) is 11.0. The van der Waals surface area contributed by atoms with Crippen LogP contribution in [0.5, 0.6) is 0 Å². The Morgan fingerprint density at radius 1 is 1.21 bits per heavy atom. The SMILES string of the molecule is Clc1cccc(CN2CCCCC3NCCC32)c1Cl. The highest BCUT2D eigenvalue weighted by Crippen LogP contribution is 2.30. The first-order valence-electron chi connectivity index (χ1n) is 7.16. The van der Waals surface area contributed by atoms with E-state index in [4.69, 9.17) is 23.2 Å². The highest BCUT2D eigenvalue weighted by Gasteiger charge is 2.33. The smallest absolute Gasteiger partial charge is 0.0637 e. The number of likely N-dealkylation sites (tertiary alicyclic amines) is 1. The second-order valence-corrected chi connectivity index (χ2v) is 6.38. The van der Waals surface area contributed by atoms with E-state index < -0.39 is 0 Å². The average Bonchev–Trinajstić information content (AvgIpc) is 2.79. The van der Waals surface area contributed by atoms with Crippen LogP contribution in [0.15, 0.2) is 18.2 Å². The Morgan fingerprint density at radius 2 is 2.11 bits per heavy atom. The minimum absolute atomic E-state index is 0.662. The van der Waals surface area contributed by atoms with E-state index >= 15 is 0 Å². The predicted octanol–water partition coefficient (Wildman–Crippen LogP) is 3.71. The molecule has 104 valence electrons. The molecule has 3 rings (SSSR count). The normalized spacial score (nSPS) is 28.1. The van der Waals surface area contributed by atoms with E-state index in [1.54, 1.807) is 0 Å². The zero-order valence-corrected chi connectivity index (χ0v) is 12.6. The van der Waals surface area contributed by atoms with Crippen LogP contribution in [-0.4, -0.2) is 30.1 Å². The van der Waals surface area contributed by atoms with Crippen molar-refractivity contribution in [2.45, 2.75) is 44.3 Å². The molecule has 1 aromatic rings. The lowest BCUT2D eigenvalue weighted by molar-refractivity contribution is 0.186. The summed E-state index contributed by atoms with van der Waals surface area (Å²) in [6, 6.07) is 7.27. The van der Waals surface area contributed by atoms with Gasteiger partial charge in [-0.25, -0.2) is 0 Å². The van der Waals surface area contributed by atoms with E-state index in [-0.39, 0.29) is 0 Å². The van der Waals surface area contributed by atoms with Gasteiger partial charge in [0.15, 0.2) is 0 Å². The standard InChI is InChI=1S/C15H20Cl2N2/c16-12-5-3-4-11(15(12)17)10-19-9-2-1-6-13-14(19)7-8-18-13/h3-5,13-14,18H,1-2,6-10H2. The van der Waals surface area contributed by atoms with Crippen LogP contribution in [0.2, 0.25) is 10.0 Å². The van der Waals surface area contributed by atoms with Gasteiger partial charge < -0.3 is 5.32 Å². The molecule has 0 aliphatic carbocycles. The van der Waals surface area contributed by atoms with Crippen LogP contribution in [0.25, 0.3) is 0 Å². The third-order valence-electron chi connectivity index (χ3n) is 4.40. The van der Waals surface area contributed by atoms with Gasteiger partial charge in [-0.05, 0) is 44.0 Å². The molecule has 2 saturated heterocycles. The molecule has 4 heteroatoms. The number of halogens is 2. The lowest BCUT2D eigenvalue weighted by atomic mass is 10.0. The summed E-state index contributed by atoms with van der Waals surface area (Å²) in [6.07, 6.45) is 5.17. The predicted molar refractivity (Wildman–Crippen MR) is 80.9 cm³/mol. The van der Waals surface area contributed by atoms with Crippen molar-refractivity contribution < 1.29 is 0 Å². The van der Waals surface area contributed by atoms with Crippen LogP contribution in [0.3, 0.4) is 0 Å². The summed E-state index contributed by atoms with van der Waals surface area (Å²) in [7, 11) is 0. The summed E-state index contributed by atoms with van der Waals surface area (Å²) < 4.78 is 0. The van der Waals surface area contributed by atoms with Crippen molar-refractivity contribution >= 4 is 23.2 Å². The number of hydrogen-bond donors (Lipinski definition) is 1. The van der Waals surface area contributed by atoms with Crippen LogP contribution >= 0.6 is 23.2 Å². The van der Waals surface area contributed by atoms with Crippen molar-refractivity contribution in [3.05, 3.63) is 33.8 Å². The molecule has 0 saturated carbocycles. The Labute approximate surface area is 125 Å². The second-order valence-electron chi connectivity index (χ2n) is 5.60. The van der Waals surface area contributed by atoms with Gasteiger partial charge in [0, 0.05) is 18.6 Å². The molecule has 0 bridgehead atoms. The third-order valence-corrected chi connectivity index (χ3v) is 5.25. The summed E-state index contributed by atoms with van der Waals surface area (Å²) in [6.45, 7) is 3.24. The highest BCUT2D eigenvalue weighted by molar-refractivity contribution is 6.42. The molecule has 0 spiro atoms. The molecule has 2 fully saturated rings. The van der Waals surface area contributed by atoms with Crippen molar-refractivity contribution in [2.24, 2.45) is 0 Å². The molecular formula is C15H20Cl2N2. The Morgan fingerprint density at radius 3 is 3.00 bits per heavy atom. The summed E-state index contributed by atoms with van der Waals surface area (Å²) in [4.78, 5) is 2.59. The summed E-state index contributed by atoms with van der Waals surface area (Å²) in [5.41, 5.74) is 1.15. The fraction of sp³-hybridized carbons (Fsp3) is 0.600. The van der Waals surface area contributed by atoms with Gasteiger partial charge in [-0.2, -0.15) is 0 Å². The van der Waals surface area contributed by atoms with Crippen molar-refractivity contribution in [3.63, 3.8) is 0 Å². The number of rotatable bonds is 2. The van der Waals surface area contributed by atoms with E-state index in [1.807, 2.05) is 12.1 Å². The van der Waals surface area contributed by atoms with Gasteiger partial charge in [0.05, 0.1) is 10.0 Å². The molecule has 2 heterocycles. The summed E-state index contributed by atoms with van der Waals surface area (Å²) >= 11 is 12.4. The van der Waals surface area contributed by atoms with Crippen LogP contribution < -0.4 is 5.32 Å². The first-order chi connectivity index (χ1) is 9.25. The number of nitrogens with one attached hydrogen (secondary N) is 1. The van der Waals surface area contributed by atoms with Gasteiger partial charge in [-0.3, -0.25) is 4.90 Å². The molecule has 2 aliphatic heterocycles. The number of hydrogen-bond acceptors (Lipinski definition) is 2. The molecule has 0 radical (unpaired) electrons. The molecule has 19 heavy (non-hydrogen) atoms. The summed E-state index contributed by atoms with van der Waals surface area (Å²) in [5, 5.41) is 5.02. The van der Waals surface area contributed by atoms with E-state index in [1.165, 1.54) is 32.2 Å². The average molecular weight is 299 g/mol. The zero-order chi connectivity index (χ0) is 13.2. The second kappa shape index (κ2) is 6.01. The van der Waals surface area contributed by atoms with Crippen LogP contribution in [-0.2, 0) is 6.54 Å². The van der Waals surface area contributed by atoms with Crippen molar-refractivity contribution in [1.29, 1.82) is 0 Å². The number of benzene rings is 1. The van der Waals surface area contributed by atoms with E-state index in [2.05, 4.69) is 16.3 Å². The number of fused-ring (bicyclic) bond motifs is 1. The maximum Gasteiger partial charge on any atom is 0.0637 e. The van der Waals surface area contributed by atoms with Crippen molar-refractivity contribution in [1.82, 2.24) is 10.2 Å². The molecule has 2 unspecified atom stereocenters. The quantitative estimate of drug-likeness (QED) is 0.895. The molecule has 2 aliphatic rings. The largest absolute Gasteiger partial charge is 0.312 e. The summed E-state index contributed by atoms with van der Waals surface area (Å²) in [5.74, 6) is 0. The van der Waals surface area contributed by atoms with Crippen LogP contribution in [0.4, 0.5) is 0 Å². The van der Waals surface area contributed by atoms with Crippen LogP contribution in [0.1, 0.15) is 31.2 Å². The lowest BCUT2D eigenvalue weighted by Gasteiger charge is -2.30. The first kappa shape index (κ1) is 13.7. The van der Waals surface area contributed by atoms with Crippen molar-refractivity contribution in [2.75, 3.05) is 13.1 Å². The molecule has 2 atom stereocenters. The molecule has 1 aromatic carbocycles. The van der Waals surface area contributed by atoms with Gasteiger partial charge >= 0.3 is 0 Å². The van der Waals surface area contributed by atoms with Gasteiger partial charge in [0.25, 0.3) is 0 Å². The monoisotopic (exact) mass is 298 g/mol. The van der Waals surface area contributed by atoms with Gasteiger partial charge in [0.1, 0.15) is 0 Å². The Hall–Kier alpha value is -0.280. The maximum absolute atomic E-state index is 6.32. The maximum atomic E-state index is 6.32. The molecule has 1 N–H and O–H groups in total. The topological polar surface area (TPSA) is 15.3 Å². The van der Waals surface area contributed by atoms with Crippen molar-refractivity contribution in [3.8, 4) is 0 Å². The van der Waals surface area contributed by atoms with Crippen LogP contribution in [0, 0.1) is 0 Å². The Bertz CT molecular complexity index is 450. The molecule has 0 aromatic heterocycles. The minimum Gasteiger partial charge on any atom is -0.312 e. The van der Waals surface area contributed by atoms with E-state index in [0.29, 0.717) is 17.1 Å². The van der Waals surface area contributed by atoms with Gasteiger partial charge in [-0.15, -0.1) is 0 Å². The molecular weight excluding hydrogens is 279 g/mol. The molecule has 2 nitrogen and oxygen atoms in total.